The van der Waals surface area contributed by atoms with Crippen molar-refractivity contribution in [2.24, 2.45) is 0 Å². The van der Waals surface area contributed by atoms with E-state index in [1.54, 1.807) is 0 Å². The summed E-state index contributed by atoms with van der Waals surface area (Å²) in [5.74, 6) is -2.40. The maximum absolute atomic E-state index is 13.2. The van der Waals surface area contributed by atoms with Crippen LogP contribution >= 0.6 is 27.5 Å². The summed E-state index contributed by atoms with van der Waals surface area (Å²) in [6, 6.07) is 2.84. The molecule has 1 atom stereocenters. The van der Waals surface area contributed by atoms with E-state index in [2.05, 4.69) is 15.9 Å². The molecule has 0 aliphatic heterocycles. The second-order valence-electron chi connectivity index (χ2n) is 2.82. The van der Waals surface area contributed by atoms with Crippen LogP contribution in [-0.4, -0.2) is 11.1 Å². The molecule has 76 valence electrons. The summed E-state index contributed by atoms with van der Waals surface area (Å²) in [4.78, 5) is 10.7. The molecule has 1 unspecified atom stereocenters. The summed E-state index contributed by atoms with van der Waals surface area (Å²) in [7, 11) is 0. The van der Waals surface area contributed by atoms with Gasteiger partial charge in [0.05, 0.1) is 15.4 Å². The molecular formula is C9H7BrClFO2. The zero-order valence-corrected chi connectivity index (χ0v) is 9.56. The molecule has 0 bridgehead atoms. The summed E-state index contributed by atoms with van der Waals surface area (Å²) in [6.07, 6.45) is 0. The second kappa shape index (κ2) is 4.28. The van der Waals surface area contributed by atoms with Crippen molar-refractivity contribution >= 4 is 33.5 Å². The first-order valence-corrected chi connectivity index (χ1v) is 4.98. The molecule has 0 amide bonds. The van der Waals surface area contributed by atoms with Gasteiger partial charge in [-0.05, 0) is 34.5 Å². The number of carboxylic acids is 1. The number of hydrogen-bond acceptors (Lipinski definition) is 1. The molecule has 5 heteroatoms. The average Bonchev–Trinajstić information content (AvgIpc) is 2.13. The molecular weight excluding hydrogens is 274 g/mol. The fraction of sp³-hybridized carbons (Fsp3) is 0.222. The lowest BCUT2D eigenvalue weighted by Crippen LogP contribution is -2.08. The number of aliphatic carboxylic acids is 1. The van der Waals surface area contributed by atoms with Gasteiger partial charge in [-0.25, -0.2) is 4.39 Å². The van der Waals surface area contributed by atoms with Crippen molar-refractivity contribution < 1.29 is 14.3 Å². The minimum Gasteiger partial charge on any atom is -0.481 e. The van der Waals surface area contributed by atoms with Gasteiger partial charge in [0.1, 0.15) is 0 Å². The predicted molar refractivity (Wildman–Crippen MR) is 55.2 cm³/mol. The Kier molecular flexibility index (Phi) is 3.50. The maximum atomic E-state index is 13.2. The standard InChI is InChI=1S/C9H7BrClFO2/c1-4(9(13)14)5-2-3-6(11)8(12)7(5)10/h2-4H,1H3,(H,13,14). The zero-order chi connectivity index (χ0) is 10.9. The minimum absolute atomic E-state index is 0.0294. The Labute approximate surface area is 93.8 Å². The van der Waals surface area contributed by atoms with Crippen LogP contribution in [0.4, 0.5) is 4.39 Å². The fourth-order valence-corrected chi connectivity index (χ4v) is 1.97. The summed E-state index contributed by atoms with van der Waals surface area (Å²) in [5.41, 5.74) is 0.374. The van der Waals surface area contributed by atoms with Gasteiger partial charge in [-0.2, -0.15) is 0 Å². The van der Waals surface area contributed by atoms with E-state index in [1.807, 2.05) is 0 Å². The van der Waals surface area contributed by atoms with Crippen molar-refractivity contribution in [3.63, 3.8) is 0 Å². The van der Waals surface area contributed by atoms with E-state index in [0.717, 1.165) is 0 Å². The van der Waals surface area contributed by atoms with Crippen LogP contribution in [0.15, 0.2) is 16.6 Å². The van der Waals surface area contributed by atoms with Crippen molar-refractivity contribution in [3.05, 3.63) is 33.0 Å². The van der Waals surface area contributed by atoms with Crippen LogP contribution in [0.5, 0.6) is 0 Å². The summed E-state index contributed by atoms with van der Waals surface area (Å²) >= 11 is 8.49. The molecule has 1 rings (SSSR count). The number of rotatable bonds is 2. The fourth-order valence-electron chi connectivity index (χ4n) is 1.01. The molecule has 0 saturated carbocycles. The van der Waals surface area contributed by atoms with Crippen LogP contribution in [0.2, 0.25) is 5.02 Å². The van der Waals surface area contributed by atoms with Crippen LogP contribution in [0.25, 0.3) is 0 Å². The molecule has 1 N–H and O–H groups in total. The highest BCUT2D eigenvalue weighted by Crippen LogP contribution is 2.31. The van der Waals surface area contributed by atoms with Crippen molar-refractivity contribution in [2.75, 3.05) is 0 Å². The minimum atomic E-state index is -1.01. The number of hydrogen-bond donors (Lipinski definition) is 1. The van der Waals surface area contributed by atoms with Crippen molar-refractivity contribution in [1.29, 1.82) is 0 Å². The first-order valence-electron chi connectivity index (χ1n) is 3.81. The van der Waals surface area contributed by atoms with Gasteiger partial charge in [0.15, 0.2) is 5.82 Å². The largest absolute Gasteiger partial charge is 0.481 e. The lowest BCUT2D eigenvalue weighted by Gasteiger charge is -2.10. The van der Waals surface area contributed by atoms with Gasteiger partial charge in [-0.1, -0.05) is 17.7 Å². The van der Waals surface area contributed by atoms with Crippen molar-refractivity contribution in [3.8, 4) is 0 Å². The smallest absolute Gasteiger partial charge is 0.310 e. The highest BCUT2D eigenvalue weighted by atomic mass is 79.9. The van der Waals surface area contributed by atoms with Crippen LogP contribution in [0, 0.1) is 5.82 Å². The Morgan fingerprint density at radius 1 is 1.64 bits per heavy atom. The number of halogens is 3. The molecule has 1 aromatic rings. The van der Waals surface area contributed by atoms with Gasteiger partial charge in [0.2, 0.25) is 0 Å². The lowest BCUT2D eigenvalue weighted by atomic mass is 10.0. The molecule has 0 heterocycles. The Bertz CT molecular complexity index is 381. The Balaban J connectivity index is 3.24. The second-order valence-corrected chi connectivity index (χ2v) is 4.02. The van der Waals surface area contributed by atoms with E-state index in [1.165, 1.54) is 19.1 Å². The monoisotopic (exact) mass is 280 g/mol. The molecule has 0 aromatic heterocycles. The molecule has 0 aliphatic rings. The van der Waals surface area contributed by atoms with Gasteiger partial charge in [-0.15, -0.1) is 0 Å². The number of benzene rings is 1. The van der Waals surface area contributed by atoms with Crippen molar-refractivity contribution in [2.45, 2.75) is 12.8 Å². The van der Waals surface area contributed by atoms with E-state index in [4.69, 9.17) is 16.7 Å². The summed E-state index contributed by atoms with van der Waals surface area (Å²) in [6.45, 7) is 1.48. The highest BCUT2D eigenvalue weighted by Gasteiger charge is 2.19. The Morgan fingerprint density at radius 3 is 2.71 bits per heavy atom. The predicted octanol–water partition coefficient (Wildman–Crippen LogP) is 3.43. The molecule has 1 aromatic carbocycles. The van der Waals surface area contributed by atoms with E-state index >= 15 is 0 Å². The number of carbonyl (C=O) groups is 1. The molecule has 0 radical (unpaired) electrons. The molecule has 0 spiro atoms. The number of carboxylic acid groups (broad SMARTS) is 1. The summed E-state index contributed by atoms with van der Waals surface area (Å²) < 4.78 is 13.4. The van der Waals surface area contributed by atoms with E-state index < -0.39 is 17.7 Å². The third kappa shape index (κ3) is 2.07. The van der Waals surface area contributed by atoms with Gasteiger partial charge in [0.25, 0.3) is 0 Å². The topological polar surface area (TPSA) is 37.3 Å². The third-order valence-corrected chi connectivity index (χ3v) is 3.00. The van der Waals surface area contributed by atoms with E-state index in [0.29, 0.717) is 5.56 Å². The van der Waals surface area contributed by atoms with E-state index in [-0.39, 0.29) is 9.50 Å². The third-order valence-electron chi connectivity index (χ3n) is 1.90. The molecule has 14 heavy (non-hydrogen) atoms. The molecule has 0 fully saturated rings. The van der Waals surface area contributed by atoms with Crippen molar-refractivity contribution in [1.82, 2.24) is 0 Å². The van der Waals surface area contributed by atoms with Crippen LogP contribution in [0.3, 0.4) is 0 Å². The lowest BCUT2D eigenvalue weighted by molar-refractivity contribution is -0.138. The molecule has 0 aliphatic carbocycles. The van der Waals surface area contributed by atoms with E-state index in [9.17, 15) is 9.18 Å². The quantitative estimate of drug-likeness (QED) is 0.843. The van der Waals surface area contributed by atoms with Crippen LogP contribution < -0.4 is 0 Å². The van der Waals surface area contributed by atoms with Gasteiger partial charge < -0.3 is 5.11 Å². The Morgan fingerprint density at radius 2 is 2.21 bits per heavy atom. The highest BCUT2D eigenvalue weighted by molar-refractivity contribution is 9.10. The summed E-state index contributed by atoms with van der Waals surface area (Å²) in [5, 5.41) is 8.71. The van der Waals surface area contributed by atoms with Gasteiger partial charge in [-0.3, -0.25) is 4.79 Å². The van der Waals surface area contributed by atoms with Gasteiger partial charge in [0, 0.05) is 0 Å². The Hall–Kier alpha value is -0.610. The first-order chi connectivity index (χ1) is 6.45. The first kappa shape index (κ1) is 11.5. The molecule has 0 saturated heterocycles. The maximum Gasteiger partial charge on any atom is 0.310 e. The zero-order valence-electron chi connectivity index (χ0n) is 7.22. The normalized spacial score (nSPS) is 12.6. The average molecular weight is 282 g/mol. The van der Waals surface area contributed by atoms with Crippen LogP contribution in [0.1, 0.15) is 18.4 Å². The van der Waals surface area contributed by atoms with Gasteiger partial charge >= 0.3 is 5.97 Å². The molecule has 2 nitrogen and oxygen atoms in total. The van der Waals surface area contributed by atoms with Crippen LogP contribution in [-0.2, 0) is 4.79 Å². The SMILES string of the molecule is CC(C(=O)O)c1ccc(Cl)c(F)c1Br.